The highest BCUT2D eigenvalue weighted by Gasteiger charge is 2.02. The van der Waals surface area contributed by atoms with Gasteiger partial charge in [-0.15, -0.1) is 11.8 Å². The minimum atomic E-state index is -0.324. The van der Waals surface area contributed by atoms with Crippen molar-refractivity contribution >= 4 is 0 Å². The molecule has 0 aliphatic heterocycles. The normalized spacial score (nSPS) is 8.70. The molecule has 2 aromatic carbocycles. The lowest BCUT2D eigenvalue weighted by Crippen LogP contribution is -1.89. The van der Waals surface area contributed by atoms with Crippen LogP contribution in [0, 0.1) is 41.3 Å². The van der Waals surface area contributed by atoms with E-state index in [2.05, 4.69) is 35.5 Å². The van der Waals surface area contributed by atoms with Crippen molar-refractivity contribution < 1.29 is 9.13 Å². The molecule has 2 heteroatoms. The van der Waals surface area contributed by atoms with E-state index in [1.54, 1.807) is 27.0 Å². The highest BCUT2D eigenvalue weighted by atomic mass is 19.1. The number of rotatable bonds is 1. The lowest BCUT2D eigenvalue weighted by molar-refractivity contribution is 0.414. The van der Waals surface area contributed by atoms with E-state index in [1.807, 2.05) is 18.2 Å². The Morgan fingerprint density at radius 1 is 0.739 bits per heavy atom. The van der Waals surface area contributed by atoms with Crippen molar-refractivity contribution in [2.45, 2.75) is 13.8 Å². The standard InChI is InChI=1S/C21H15FO/c1-4-6-18-14-20(22)12-10-16(18)8-9-17-11-13-21(23-3)15-19(17)7-5-2/h10-15H,1-3H3. The number of ether oxygens (including phenoxy) is 1. The Morgan fingerprint density at radius 2 is 1.30 bits per heavy atom. The minimum Gasteiger partial charge on any atom is -0.497 e. The zero-order valence-corrected chi connectivity index (χ0v) is 13.3. The average Bonchev–Trinajstić information content (AvgIpc) is 2.55. The summed E-state index contributed by atoms with van der Waals surface area (Å²) in [4.78, 5) is 0. The van der Waals surface area contributed by atoms with Crippen LogP contribution in [0.4, 0.5) is 4.39 Å². The summed E-state index contributed by atoms with van der Waals surface area (Å²) in [6, 6.07) is 9.95. The van der Waals surface area contributed by atoms with Crippen LogP contribution < -0.4 is 4.74 Å². The molecule has 2 aromatic rings. The van der Waals surface area contributed by atoms with Crippen molar-refractivity contribution in [2.24, 2.45) is 0 Å². The van der Waals surface area contributed by atoms with E-state index in [4.69, 9.17) is 4.74 Å². The first-order chi connectivity index (χ1) is 11.2. The predicted octanol–water partition coefficient (Wildman–Crippen LogP) is 3.98. The smallest absolute Gasteiger partial charge is 0.124 e. The molecule has 0 N–H and O–H groups in total. The second-order valence-electron chi connectivity index (χ2n) is 4.60. The molecule has 0 aromatic heterocycles. The monoisotopic (exact) mass is 302 g/mol. The lowest BCUT2D eigenvalue weighted by Gasteiger charge is -2.02. The molecule has 0 radical (unpaired) electrons. The van der Waals surface area contributed by atoms with Crippen molar-refractivity contribution in [3.63, 3.8) is 0 Å². The predicted molar refractivity (Wildman–Crippen MR) is 90.5 cm³/mol. The van der Waals surface area contributed by atoms with Crippen LogP contribution >= 0.6 is 0 Å². The number of methoxy groups -OCH3 is 1. The number of hydrogen-bond donors (Lipinski definition) is 0. The molecular weight excluding hydrogens is 287 g/mol. The van der Waals surface area contributed by atoms with Gasteiger partial charge in [-0.1, -0.05) is 23.7 Å². The van der Waals surface area contributed by atoms with E-state index >= 15 is 0 Å². The Bertz CT molecular complexity index is 906. The van der Waals surface area contributed by atoms with Gasteiger partial charge in [0.15, 0.2) is 0 Å². The fourth-order valence-electron chi connectivity index (χ4n) is 2.00. The van der Waals surface area contributed by atoms with Crippen LogP contribution in [-0.4, -0.2) is 7.11 Å². The molecule has 0 bridgehead atoms. The van der Waals surface area contributed by atoms with Crippen molar-refractivity contribution in [3.8, 4) is 41.3 Å². The summed E-state index contributed by atoms with van der Waals surface area (Å²) in [6.07, 6.45) is 0. The van der Waals surface area contributed by atoms with Gasteiger partial charge in [-0.05, 0) is 50.2 Å². The van der Waals surface area contributed by atoms with Gasteiger partial charge in [-0.2, -0.15) is 0 Å². The molecule has 1 nitrogen and oxygen atoms in total. The minimum absolute atomic E-state index is 0.324. The Hall–Kier alpha value is -3.15. The summed E-state index contributed by atoms with van der Waals surface area (Å²) in [6.45, 7) is 3.48. The van der Waals surface area contributed by atoms with Gasteiger partial charge in [-0.25, -0.2) is 4.39 Å². The number of benzene rings is 2. The summed E-state index contributed by atoms with van der Waals surface area (Å²) in [5.41, 5.74) is 2.85. The van der Waals surface area contributed by atoms with Crippen molar-refractivity contribution in [1.82, 2.24) is 0 Å². The SMILES string of the molecule is CC#Cc1cc(F)ccc1C#Cc1ccc(OC)cc1C#CC. The molecule has 0 amide bonds. The van der Waals surface area contributed by atoms with E-state index in [9.17, 15) is 4.39 Å². The first-order valence-electron chi connectivity index (χ1n) is 7.03. The topological polar surface area (TPSA) is 9.23 Å². The summed E-state index contributed by atoms with van der Waals surface area (Å²) < 4.78 is 18.5. The molecule has 0 saturated carbocycles. The van der Waals surface area contributed by atoms with Gasteiger partial charge >= 0.3 is 0 Å². The van der Waals surface area contributed by atoms with Crippen molar-refractivity contribution in [3.05, 3.63) is 64.5 Å². The maximum absolute atomic E-state index is 13.3. The third-order valence-electron chi connectivity index (χ3n) is 3.06. The van der Waals surface area contributed by atoms with E-state index in [1.165, 1.54) is 12.1 Å². The van der Waals surface area contributed by atoms with Crippen molar-refractivity contribution in [2.75, 3.05) is 7.11 Å². The quantitative estimate of drug-likeness (QED) is 0.724. The Morgan fingerprint density at radius 3 is 1.87 bits per heavy atom. The zero-order chi connectivity index (χ0) is 16.7. The molecule has 2 rings (SSSR count). The molecule has 0 saturated heterocycles. The number of hydrogen-bond acceptors (Lipinski definition) is 1. The highest BCUT2D eigenvalue weighted by Crippen LogP contribution is 2.17. The second kappa shape index (κ2) is 7.74. The van der Waals surface area contributed by atoms with E-state index in [0.717, 1.165) is 16.9 Å². The van der Waals surface area contributed by atoms with Crippen LogP contribution in [0.3, 0.4) is 0 Å². The molecule has 0 fully saturated rings. The molecule has 0 aliphatic carbocycles. The largest absolute Gasteiger partial charge is 0.497 e. The Balaban J connectivity index is 2.50. The van der Waals surface area contributed by atoms with Gasteiger partial charge in [0.1, 0.15) is 11.6 Å². The molecule has 0 spiro atoms. The van der Waals surface area contributed by atoms with Crippen LogP contribution in [0.25, 0.3) is 0 Å². The van der Waals surface area contributed by atoms with Gasteiger partial charge in [-0.3, -0.25) is 0 Å². The summed E-state index contributed by atoms with van der Waals surface area (Å²) in [5, 5.41) is 0. The van der Waals surface area contributed by atoms with E-state index < -0.39 is 0 Å². The second-order valence-corrected chi connectivity index (χ2v) is 4.60. The molecule has 0 atom stereocenters. The average molecular weight is 302 g/mol. The summed E-state index contributed by atoms with van der Waals surface area (Å²) in [7, 11) is 1.61. The van der Waals surface area contributed by atoms with E-state index in [0.29, 0.717) is 11.1 Å². The third kappa shape index (κ3) is 4.16. The van der Waals surface area contributed by atoms with Crippen LogP contribution in [0.15, 0.2) is 36.4 Å². The summed E-state index contributed by atoms with van der Waals surface area (Å²) in [5.74, 6) is 18.1. The van der Waals surface area contributed by atoms with Crippen LogP contribution in [0.2, 0.25) is 0 Å². The summed E-state index contributed by atoms with van der Waals surface area (Å²) >= 11 is 0. The van der Waals surface area contributed by atoms with Gasteiger partial charge in [0.05, 0.1) is 7.11 Å². The lowest BCUT2D eigenvalue weighted by atomic mass is 10.0. The van der Waals surface area contributed by atoms with Gasteiger partial charge < -0.3 is 4.74 Å². The molecule has 23 heavy (non-hydrogen) atoms. The fourth-order valence-corrected chi connectivity index (χ4v) is 2.00. The van der Waals surface area contributed by atoms with Crippen LogP contribution in [-0.2, 0) is 0 Å². The zero-order valence-electron chi connectivity index (χ0n) is 13.3. The molecule has 0 aliphatic rings. The van der Waals surface area contributed by atoms with Gasteiger partial charge in [0.25, 0.3) is 0 Å². The van der Waals surface area contributed by atoms with Gasteiger partial charge in [0, 0.05) is 22.3 Å². The molecule has 0 unspecified atom stereocenters. The third-order valence-corrected chi connectivity index (χ3v) is 3.06. The van der Waals surface area contributed by atoms with E-state index in [-0.39, 0.29) is 5.82 Å². The maximum atomic E-state index is 13.3. The molecule has 112 valence electrons. The first kappa shape index (κ1) is 16.2. The molecule has 0 heterocycles. The van der Waals surface area contributed by atoms with Crippen LogP contribution in [0.5, 0.6) is 5.75 Å². The first-order valence-corrected chi connectivity index (χ1v) is 7.03. The van der Waals surface area contributed by atoms with Crippen molar-refractivity contribution in [1.29, 1.82) is 0 Å². The number of halogens is 1. The maximum Gasteiger partial charge on any atom is 0.124 e. The highest BCUT2D eigenvalue weighted by molar-refractivity contribution is 5.57. The van der Waals surface area contributed by atoms with Gasteiger partial charge in [0.2, 0.25) is 0 Å². The van der Waals surface area contributed by atoms with Crippen LogP contribution in [0.1, 0.15) is 36.1 Å². The Kier molecular flexibility index (Phi) is 5.46. The molecular formula is C21H15FO. The fraction of sp³-hybridized carbons (Fsp3) is 0.143. The Labute approximate surface area is 136 Å².